The standard InChI is InChI=1S/C16H23N3O3/c1-11(10-12(20)22-15(2,3)4)13(21)19-16(6-7-16)14-17-8-5-9-18-14/h5,8-9,11H,6-7,10H2,1-4H3,(H,19,21)/t11-/m1/s1. The molecule has 6 heteroatoms. The van der Waals surface area contributed by atoms with Crippen molar-refractivity contribution in [3.05, 3.63) is 24.3 Å². The van der Waals surface area contributed by atoms with Crippen molar-refractivity contribution < 1.29 is 14.3 Å². The van der Waals surface area contributed by atoms with Crippen molar-refractivity contribution in [3.8, 4) is 0 Å². The fourth-order valence-corrected chi connectivity index (χ4v) is 2.16. The van der Waals surface area contributed by atoms with Crippen LogP contribution in [0.4, 0.5) is 0 Å². The van der Waals surface area contributed by atoms with Crippen LogP contribution in [0.25, 0.3) is 0 Å². The number of amides is 1. The molecule has 22 heavy (non-hydrogen) atoms. The average molecular weight is 305 g/mol. The minimum atomic E-state index is -0.539. The van der Waals surface area contributed by atoms with Crippen molar-refractivity contribution in [1.82, 2.24) is 15.3 Å². The summed E-state index contributed by atoms with van der Waals surface area (Å²) in [6, 6.07) is 1.74. The maximum atomic E-state index is 12.3. The van der Waals surface area contributed by atoms with Crippen LogP contribution in [-0.2, 0) is 19.9 Å². The zero-order chi connectivity index (χ0) is 16.4. The third-order valence-corrected chi connectivity index (χ3v) is 3.45. The summed E-state index contributed by atoms with van der Waals surface area (Å²) >= 11 is 0. The van der Waals surface area contributed by atoms with Crippen molar-refractivity contribution in [1.29, 1.82) is 0 Å². The predicted molar refractivity (Wildman–Crippen MR) is 80.7 cm³/mol. The van der Waals surface area contributed by atoms with Gasteiger partial charge in [0.05, 0.1) is 12.0 Å². The fourth-order valence-electron chi connectivity index (χ4n) is 2.16. The molecule has 1 N–H and O–H groups in total. The number of hydrogen-bond donors (Lipinski definition) is 1. The summed E-state index contributed by atoms with van der Waals surface area (Å²) < 4.78 is 5.25. The zero-order valence-electron chi connectivity index (χ0n) is 13.5. The molecule has 0 aromatic carbocycles. The molecule has 0 bridgehead atoms. The SMILES string of the molecule is C[C@H](CC(=O)OC(C)(C)C)C(=O)NC1(c2ncccn2)CC1. The molecule has 2 rings (SSSR count). The second-order valence-electron chi connectivity index (χ2n) is 6.84. The number of hydrogen-bond acceptors (Lipinski definition) is 5. The molecule has 1 aliphatic carbocycles. The van der Waals surface area contributed by atoms with E-state index in [-0.39, 0.29) is 18.3 Å². The van der Waals surface area contributed by atoms with Crippen LogP contribution in [0.1, 0.15) is 52.8 Å². The van der Waals surface area contributed by atoms with E-state index in [2.05, 4.69) is 15.3 Å². The minimum Gasteiger partial charge on any atom is -0.460 e. The van der Waals surface area contributed by atoms with Crippen molar-refractivity contribution in [3.63, 3.8) is 0 Å². The average Bonchev–Trinajstić information content (AvgIpc) is 3.18. The van der Waals surface area contributed by atoms with Crippen molar-refractivity contribution in [2.75, 3.05) is 0 Å². The van der Waals surface area contributed by atoms with Crippen LogP contribution in [0.2, 0.25) is 0 Å². The number of nitrogens with one attached hydrogen (secondary N) is 1. The van der Waals surface area contributed by atoms with E-state index in [1.54, 1.807) is 25.4 Å². The second kappa shape index (κ2) is 6.02. The molecule has 1 saturated carbocycles. The molecular weight excluding hydrogens is 282 g/mol. The number of rotatable bonds is 5. The first-order valence-electron chi connectivity index (χ1n) is 7.53. The lowest BCUT2D eigenvalue weighted by Crippen LogP contribution is -2.40. The summed E-state index contributed by atoms with van der Waals surface area (Å²) in [5, 5.41) is 2.98. The Morgan fingerprint density at radius 3 is 2.41 bits per heavy atom. The molecule has 1 aromatic rings. The van der Waals surface area contributed by atoms with Crippen LogP contribution >= 0.6 is 0 Å². The zero-order valence-corrected chi connectivity index (χ0v) is 13.5. The van der Waals surface area contributed by atoms with Gasteiger partial charge in [0, 0.05) is 18.3 Å². The van der Waals surface area contributed by atoms with Gasteiger partial charge in [0.25, 0.3) is 0 Å². The Kier molecular flexibility index (Phi) is 4.49. The molecule has 0 radical (unpaired) electrons. The van der Waals surface area contributed by atoms with Crippen LogP contribution in [0.5, 0.6) is 0 Å². The van der Waals surface area contributed by atoms with Crippen LogP contribution in [-0.4, -0.2) is 27.4 Å². The van der Waals surface area contributed by atoms with Crippen molar-refractivity contribution in [2.24, 2.45) is 5.92 Å². The summed E-state index contributed by atoms with van der Waals surface area (Å²) in [7, 11) is 0. The highest BCUT2D eigenvalue weighted by Crippen LogP contribution is 2.43. The Labute approximate surface area is 130 Å². The lowest BCUT2D eigenvalue weighted by molar-refractivity contribution is -0.157. The van der Waals surface area contributed by atoms with Gasteiger partial charge in [-0.1, -0.05) is 6.92 Å². The molecule has 1 aromatic heterocycles. The maximum absolute atomic E-state index is 12.3. The smallest absolute Gasteiger partial charge is 0.307 e. The van der Waals surface area contributed by atoms with Gasteiger partial charge in [-0.05, 0) is 39.7 Å². The van der Waals surface area contributed by atoms with Gasteiger partial charge in [0.1, 0.15) is 5.60 Å². The Hall–Kier alpha value is -1.98. The summed E-state index contributed by atoms with van der Waals surface area (Å²) in [6.45, 7) is 7.14. The molecule has 6 nitrogen and oxygen atoms in total. The normalized spacial score (nSPS) is 17.5. The van der Waals surface area contributed by atoms with Crippen molar-refractivity contribution >= 4 is 11.9 Å². The van der Waals surface area contributed by atoms with E-state index in [4.69, 9.17) is 4.74 Å². The molecular formula is C16H23N3O3. The van der Waals surface area contributed by atoms with Gasteiger partial charge < -0.3 is 10.1 Å². The lowest BCUT2D eigenvalue weighted by atomic mass is 10.1. The summed E-state index contributed by atoms with van der Waals surface area (Å²) in [5.41, 5.74) is -0.997. The number of aromatic nitrogens is 2. The van der Waals surface area contributed by atoms with Crippen molar-refractivity contribution in [2.45, 2.75) is 58.1 Å². The Bertz CT molecular complexity index is 548. The first-order chi connectivity index (χ1) is 10.2. The minimum absolute atomic E-state index is 0.0643. The summed E-state index contributed by atoms with van der Waals surface area (Å²) in [4.78, 5) is 32.5. The van der Waals surface area contributed by atoms with Crippen LogP contribution in [0.3, 0.4) is 0 Å². The summed E-state index contributed by atoms with van der Waals surface area (Å²) in [6.07, 6.45) is 5.04. The number of carbonyl (C=O) groups is 2. The summed E-state index contributed by atoms with van der Waals surface area (Å²) in [5.74, 6) is -0.351. The third-order valence-electron chi connectivity index (χ3n) is 3.45. The molecule has 0 aliphatic heterocycles. The molecule has 0 unspecified atom stereocenters. The van der Waals surface area contributed by atoms with E-state index in [0.717, 1.165) is 12.8 Å². The largest absolute Gasteiger partial charge is 0.460 e. The van der Waals surface area contributed by atoms with Gasteiger partial charge in [-0.2, -0.15) is 0 Å². The van der Waals surface area contributed by atoms with Crippen LogP contribution < -0.4 is 5.32 Å². The second-order valence-corrected chi connectivity index (χ2v) is 6.84. The number of nitrogens with zero attached hydrogens (tertiary/aromatic N) is 2. The number of carbonyl (C=O) groups excluding carboxylic acids is 2. The first kappa shape index (κ1) is 16.4. The van der Waals surface area contributed by atoms with E-state index in [1.807, 2.05) is 20.8 Å². The maximum Gasteiger partial charge on any atom is 0.307 e. The topological polar surface area (TPSA) is 81.2 Å². The van der Waals surface area contributed by atoms with Gasteiger partial charge in [-0.15, -0.1) is 0 Å². The molecule has 1 heterocycles. The van der Waals surface area contributed by atoms with Crippen LogP contribution in [0.15, 0.2) is 18.5 Å². The molecule has 1 aliphatic rings. The molecule has 1 fully saturated rings. The number of ether oxygens (including phenoxy) is 1. The highest BCUT2D eigenvalue weighted by Gasteiger charge is 2.48. The highest BCUT2D eigenvalue weighted by molar-refractivity contribution is 5.84. The van der Waals surface area contributed by atoms with Gasteiger partial charge in [0.2, 0.25) is 5.91 Å². The lowest BCUT2D eigenvalue weighted by Gasteiger charge is -2.22. The Morgan fingerprint density at radius 2 is 1.91 bits per heavy atom. The molecule has 0 spiro atoms. The van der Waals surface area contributed by atoms with Crippen LogP contribution in [0, 0.1) is 5.92 Å². The predicted octanol–water partition coefficient (Wildman–Crippen LogP) is 1.95. The molecule has 1 amide bonds. The first-order valence-corrected chi connectivity index (χ1v) is 7.53. The fraction of sp³-hybridized carbons (Fsp3) is 0.625. The molecule has 120 valence electrons. The van der Waals surface area contributed by atoms with Gasteiger partial charge in [0.15, 0.2) is 5.82 Å². The molecule has 0 saturated heterocycles. The quantitative estimate of drug-likeness (QED) is 0.841. The van der Waals surface area contributed by atoms with E-state index >= 15 is 0 Å². The van der Waals surface area contributed by atoms with E-state index in [1.165, 1.54) is 0 Å². The monoisotopic (exact) mass is 305 g/mol. The van der Waals surface area contributed by atoms with Gasteiger partial charge in [-0.25, -0.2) is 9.97 Å². The Morgan fingerprint density at radius 1 is 1.32 bits per heavy atom. The van der Waals surface area contributed by atoms with Gasteiger partial charge >= 0.3 is 5.97 Å². The molecule has 1 atom stereocenters. The third kappa shape index (κ3) is 4.26. The highest BCUT2D eigenvalue weighted by atomic mass is 16.6. The Balaban J connectivity index is 1.91. The van der Waals surface area contributed by atoms with E-state index < -0.39 is 17.1 Å². The number of esters is 1. The van der Waals surface area contributed by atoms with Gasteiger partial charge in [-0.3, -0.25) is 9.59 Å². The van der Waals surface area contributed by atoms with E-state index in [9.17, 15) is 9.59 Å². The van der Waals surface area contributed by atoms with E-state index in [0.29, 0.717) is 5.82 Å².